The number of H-pyrrole nitrogens is 1. The molecule has 124 valence electrons. The molecule has 3 heterocycles. The summed E-state index contributed by atoms with van der Waals surface area (Å²) in [4.78, 5) is 22.2. The summed E-state index contributed by atoms with van der Waals surface area (Å²) in [5.41, 5.74) is -0.614. The number of aryl methyl sites for hydroxylation is 1. The van der Waals surface area contributed by atoms with E-state index in [0.29, 0.717) is 0 Å². The van der Waals surface area contributed by atoms with Crippen molar-refractivity contribution in [2.45, 2.75) is 25.7 Å². The number of hydrogen-bond acceptors (Lipinski definition) is 6. The molecule has 0 spiro atoms. The van der Waals surface area contributed by atoms with E-state index in [1.807, 2.05) is 0 Å². The average molecular weight is 341 g/mol. The molecule has 2 aromatic rings. The maximum Gasteiger partial charge on any atom is 0.249 e. The second-order valence-corrected chi connectivity index (χ2v) is 7.35. The van der Waals surface area contributed by atoms with E-state index in [9.17, 15) is 13.2 Å². The zero-order chi connectivity index (χ0) is 20.0. The van der Waals surface area contributed by atoms with Crippen LogP contribution in [0.15, 0.2) is 16.9 Å². The van der Waals surface area contributed by atoms with Gasteiger partial charge < -0.3 is 10.3 Å². The Morgan fingerprint density at radius 3 is 2.78 bits per heavy atom. The molecule has 0 aromatic carbocycles. The molecule has 1 fully saturated rings. The molecule has 0 unspecified atom stereocenters. The van der Waals surface area contributed by atoms with Gasteiger partial charge in [-0.1, -0.05) is 0 Å². The minimum Gasteiger partial charge on any atom is -0.351 e. The van der Waals surface area contributed by atoms with Gasteiger partial charge in [0.25, 0.3) is 0 Å². The van der Waals surface area contributed by atoms with Gasteiger partial charge in [-0.25, -0.2) is 17.7 Å². The molecule has 0 radical (unpaired) electrons. The predicted octanol–water partition coefficient (Wildman–Crippen LogP) is 0.462. The number of nitrogens with one attached hydrogen (secondary N) is 2. The summed E-state index contributed by atoms with van der Waals surface area (Å²) in [7, 11) is -3.33. The van der Waals surface area contributed by atoms with Gasteiger partial charge in [0, 0.05) is 34.7 Å². The van der Waals surface area contributed by atoms with E-state index >= 15 is 0 Å². The van der Waals surface area contributed by atoms with Crippen LogP contribution in [0.5, 0.6) is 0 Å². The van der Waals surface area contributed by atoms with Crippen LogP contribution in [-0.2, 0) is 10.0 Å². The number of pyridine rings is 1. The van der Waals surface area contributed by atoms with Crippen molar-refractivity contribution in [3.63, 3.8) is 0 Å². The van der Waals surface area contributed by atoms with Crippen molar-refractivity contribution in [2.24, 2.45) is 0 Å². The smallest absolute Gasteiger partial charge is 0.249 e. The third kappa shape index (κ3) is 3.50. The lowest BCUT2D eigenvalue weighted by atomic mass is 10.1. The molecule has 0 bridgehead atoms. The van der Waals surface area contributed by atoms with Crippen LogP contribution >= 0.6 is 0 Å². The van der Waals surface area contributed by atoms with E-state index in [-0.39, 0.29) is 48.6 Å². The number of sulfonamides is 1. The first-order chi connectivity index (χ1) is 12.4. The number of rotatable bonds is 3. The van der Waals surface area contributed by atoms with Gasteiger partial charge in [0.2, 0.25) is 21.5 Å². The van der Waals surface area contributed by atoms with Gasteiger partial charge in [-0.15, -0.1) is 0 Å². The van der Waals surface area contributed by atoms with E-state index in [2.05, 4.69) is 20.3 Å². The first-order valence-electron chi connectivity index (χ1n) is 9.02. The Kier molecular flexibility index (Phi) is 2.95. The number of aromatic amines is 1. The molecule has 8 nitrogen and oxygen atoms in total. The molecule has 1 saturated heterocycles. The van der Waals surface area contributed by atoms with Crippen LogP contribution in [0.4, 0.5) is 5.95 Å². The second kappa shape index (κ2) is 5.89. The Bertz CT molecular complexity index is 1030. The van der Waals surface area contributed by atoms with Gasteiger partial charge in [0.05, 0.1) is 13.3 Å². The predicted molar refractivity (Wildman–Crippen MR) is 88.0 cm³/mol. The van der Waals surface area contributed by atoms with Crippen LogP contribution in [0.2, 0.25) is 0 Å². The van der Waals surface area contributed by atoms with Gasteiger partial charge in [-0.3, -0.25) is 4.79 Å². The van der Waals surface area contributed by atoms with Gasteiger partial charge in [0.15, 0.2) is 0 Å². The number of aromatic nitrogens is 3. The first kappa shape index (κ1) is 11.5. The molecule has 9 heteroatoms. The topological polar surface area (TPSA) is 108 Å². The number of hydrogen-bond donors (Lipinski definition) is 2. The quantitative estimate of drug-likeness (QED) is 0.840. The molecule has 3 rings (SSSR count). The molecule has 1 aliphatic rings. The Morgan fingerprint density at radius 1 is 1.39 bits per heavy atom. The molecular formula is C14H19N5O3S. The molecule has 1 aliphatic heterocycles. The highest BCUT2D eigenvalue weighted by atomic mass is 32.2. The van der Waals surface area contributed by atoms with Crippen molar-refractivity contribution in [3.8, 4) is 0 Å². The van der Waals surface area contributed by atoms with Gasteiger partial charge in [-0.2, -0.15) is 4.98 Å². The Morgan fingerprint density at radius 2 is 2.13 bits per heavy atom. The van der Waals surface area contributed by atoms with E-state index < -0.39 is 28.5 Å². The third-order valence-electron chi connectivity index (χ3n) is 3.67. The lowest BCUT2D eigenvalue weighted by molar-refractivity contribution is 0.331. The lowest BCUT2D eigenvalue weighted by Gasteiger charge is -2.30. The van der Waals surface area contributed by atoms with Crippen molar-refractivity contribution in [2.75, 3.05) is 24.7 Å². The van der Waals surface area contributed by atoms with Gasteiger partial charge in [-0.05, 0) is 25.8 Å². The zero-order valence-electron chi connectivity index (χ0n) is 16.5. The van der Waals surface area contributed by atoms with Crippen LogP contribution in [0, 0.1) is 6.85 Å². The van der Waals surface area contributed by atoms with Crippen LogP contribution < -0.4 is 10.9 Å². The van der Waals surface area contributed by atoms with Gasteiger partial charge in [0.1, 0.15) is 5.65 Å². The minimum absolute atomic E-state index is 0.0586. The van der Waals surface area contributed by atoms with Crippen molar-refractivity contribution < 1.29 is 13.9 Å². The highest BCUT2D eigenvalue weighted by Crippen LogP contribution is 2.18. The Hall–Kier alpha value is -2.00. The Labute approximate surface area is 139 Å². The summed E-state index contributed by atoms with van der Waals surface area (Å²) < 4.78 is 56.0. The highest BCUT2D eigenvalue weighted by Gasteiger charge is 2.25. The first-order valence-corrected chi connectivity index (χ1v) is 8.87. The number of nitrogens with zero attached hydrogens (tertiary/aromatic N) is 3. The number of anilines is 1. The fraction of sp³-hybridized carbons (Fsp3) is 0.500. The molecule has 0 aliphatic carbocycles. The molecule has 0 atom stereocenters. The monoisotopic (exact) mass is 341 g/mol. The number of piperidine rings is 1. The maximum absolute atomic E-state index is 11.6. The summed E-state index contributed by atoms with van der Waals surface area (Å²) in [6.45, 7) is -2.22. The molecular weight excluding hydrogens is 318 g/mol. The SMILES string of the molecule is [2H]C1(Nc2nc(C([2H])([2H])[2H])c3ccc(=O)[nH]c3n2)CCN(S(C)(=O)=O)CC1. The normalized spacial score (nSPS) is 22.0. The Balaban J connectivity index is 1.94. The lowest BCUT2D eigenvalue weighted by Crippen LogP contribution is -2.42. The fourth-order valence-corrected chi connectivity index (χ4v) is 3.31. The average Bonchev–Trinajstić information content (AvgIpc) is 2.52. The fourth-order valence-electron chi connectivity index (χ4n) is 2.47. The van der Waals surface area contributed by atoms with E-state index in [1.165, 1.54) is 16.4 Å². The van der Waals surface area contributed by atoms with Crippen molar-refractivity contribution in [1.82, 2.24) is 19.3 Å². The molecule has 2 aromatic heterocycles. The van der Waals surface area contributed by atoms with E-state index in [1.54, 1.807) is 0 Å². The molecule has 0 saturated carbocycles. The van der Waals surface area contributed by atoms with Crippen LogP contribution in [0.25, 0.3) is 11.0 Å². The molecule has 23 heavy (non-hydrogen) atoms. The minimum atomic E-state index is -3.33. The largest absolute Gasteiger partial charge is 0.351 e. The standard InChI is InChI=1S/C14H19N5O3S/c1-9-11-3-4-12(20)17-13(11)18-14(15-9)16-10-5-7-19(8-6-10)23(2,21)22/h3-4,10H,5-8H2,1-2H3,(H2,15,16,17,18,20)/i1D3,10D. The van der Waals surface area contributed by atoms with Crippen LogP contribution in [0.3, 0.4) is 0 Å². The summed E-state index contributed by atoms with van der Waals surface area (Å²) in [5.74, 6) is -0.0988. The second-order valence-electron chi connectivity index (χ2n) is 5.37. The summed E-state index contributed by atoms with van der Waals surface area (Å²) in [6.07, 6.45) is 1.47. The summed E-state index contributed by atoms with van der Waals surface area (Å²) in [6, 6.07) is 1.29. The van der Waals surface area contributed by atoms with E-state index in [4.69, 9.17) is 5.48 Å². The zero-order valence-corrected chi connectivity index (χ0v) is 13.3. The third-order valence-corrected chi connectivity index (χ3v) is 4.98. The maximum atomic E-state index is 11.6. The van der Waals surface area contributed by atoms with Crippen molar-refractivity contribution >= 4 is 27.0 Å². The van der Waals surface area contributed by atoms with Crippen LogP contribution in [-0.4, -0.2) is 53.0 Å². The van der Waals surface area contributed by atoms with E-state index in [0.717, 1.165) is 6.26 Å². The highest BCUT2D eigenvalue weighted by molar-refractivity contribution is 7.88. The summed E-state index contributed by atoms with van der Waals surface area (Å²) >= 11 is 0. The van der Waals surface area contributed by atoms with Crippen LogP contribution in [0.1, 0.15) is 24.0 Å². The van der Waals surface area contributed by atoms with Crippen molar-refractivity contribution in [1.29, 1.82) is 0 Å². The molecule has 0 amide bonds. The van der Waals surface area contributed by atoms with Crippen molar-refractivity contribution in [3.05, 3.63) is 28.2 Å². The van der Waals surface area contributed by atoms with Gasteiger partial charge >= 0.3 is 0 Å². The molecule has 2 N–H and O–H groups in total. The summed E-state index contributed by atoms with van der Waals surface area (Å²) in [5, 5.41) is 3.00. The number of fused-ring (bicyclic) bond motifs is 1.